The fourth-order valence-electron chi connectivity index (χ4n) is 2.18. The van der Waals surface area contributed by atoms with Crippen molar-refractivity contribution in [2.24, 2.45) is 0 Å². The van der Waals surface area contributed by atoms with Gasteiger partial charge in [0.1, 0.15) is 11.5 Å². The SMILES string of the molecule is COC1CCN(S(=O)(=O)c2ccc(C#CCO)cc2Cl)C1. The summed E-state index contributed by atoms with van der Waals surface area (Å²) in [5.74, 6) is 5.18. The molecule has 0 aromatic heterocycles. The van der Waals surface area contributed by atoms with Gasteiger partial charge >= 0.3 is 0 Å². The van der Waals surface area contributed by atoms with Crippen LogP contribution in [0.4, 0.5) is 0 Å². The maximum Gasteiger partial charge on any atom is 0.244 e. The molecule has 1 aliphatic heterocycles. The van der Waals surface area contributed by atoms with Crippen LogP contribution in [0.15, 0.2) is 23.1 Å². The first-order valence-corrected chi connectivity index (χ1v) is 8.23. The number of benzene rings is 1. The van der Waals surface area contributed by atoms with Gasteiger partial charge < -0.3 is 9.84 Å². The molecule has 1 aromatic carbocycles. The van der Waals surface area contributed by atoms with Crippen molar-refractivity contribution in [2.75, 3.05) is 26.8 Å². The largest absolute Gasteiger partial charge is 0.384 e. The molecule has 114 valence electrons. The Morgan fingerprint density at radius 2 is 2.29 bits per heavy atom. The van der Waals surface area contributed by atoms with E-state index in [1.165, 1.54) is 16.4 Å². The van der Waals surface area contributed by atoms with E-state index in [0.29, 0.717) is 25.1 Å². The van der Waals surface area contributed by atoms with Gasteiger partial charge in [0.2, 0.25) is 10.0 Å². The minimum atomic E-state index is -3.63. The highest BCUT2D eigenvalue weighted by Crippen LogP contribution is 2.28. The summed E-state index contributed by atoms with van der Waals surface area (Å²) in [4.78, 5) is 0.0652. The van der Waals surface area contributed by atoms with E-state index in [-0.39, 0.29) is 22.6 Å². The number of rotatable bonds is 3. The minimum absolute atomic E-state index is 0.0652. The van der Waals surface area contributed by atoms with Crippen molar-refractivity contribution in [1.82, 2.24) is 4.31 Å². The Kier molecular flexibility index (Phi) is 5.25. The average molecular weight is 330 g/mol. The topological polar surface area (TPSA) is 66.8 Å². The molecule has 1 unspecified atom stereocenters. The van der Waals surface area contributed by atoms with Crippen LogP contribution in [0.2, 0.25) is 5.02 Å². The lowest BCUT2D eigenvalue weighted by Crippen LogP contribution is -2.30. The van der Waals surface area contributed by atoms with Crippen LogP contribution >= 0.6 is 11.6 Å². The van der Waals surface area contributed by atoms with Crippen molar-refractivity contribution in [3.05, 3.63) is 28.8 Å². The number of hydrogen-bond acceptors (Lipinski definition) is 4. The molecule has 1 heterocycles. The molecule has 21 heavy (non-hydrogen) atoms. The van der Waals surface area contributed by atoms with Crippen LogP contribution in [0.25, 0.3) is 0 Å². The fourth-order valence-corrected chi connectivity index (χ4v) is 4.18. The molecule has 2 rings (SSSR count). The molecule has 5 nitrogen and oxygen atoms in total. The van der Waals surface area contributed by atoms with E-state index in [4.69, 9.17) is 21.4 Å². The summed E-state index contributed by atoms with van der Waals surface area (Å²) in [7, 11) is -2.05. The van der Waals surface area contributed by atoms with E-state index in [9.17, 15) is 8.42 Å². The van der Waals surface area contributed by atoms with Crippen LogP contribution in [0.1, 0.15) is 12.0 Å². The van der Waals surface area contributed by atoms with Crippen LogP contribution in [-0.2, 0) is 14.8 Å². The van der Waals surface area contributed by atoms with Gasteiger partial charge in [-0.2, -0.15) is 4.31 Å². The summed E-state index contributed by atoms with van der Waals surface area (Å²) in [5.41, 5.74) is 0.559. The minimum Gasteiger partial charge on any atom is -0.384 e. The van der Waals surface area contributed by atoms with Gasteiger partial charge in [-0.15, -0.1) is 0 Å². The normalized spacial score (nSPS) is 19.3. The lowest BCUT2D eigenvalue weighted by atomic mass is 10.2. The third kappa shape index (κ3) is 3.57. The Labute approximate surface area is 129 Å². The van der Waals surface area contributed by atoms with E-state index < -0.39 is 10.0 Å². The number of aliphatic hydroxyl groups excluding tert-OH is 1. The molecule has 1 saturated heterocycles. The molecule has 0 aliphatic carbocycles. The molecule has 0 saturated carbocycles. The monoisotopic (exact) mass is 329 g/mol. The first-order chi connectivity index (χ1) is 9.98. The Morgan fingerprint density at radius 3 is 2.86 bits per heavy atom. The second-order valence-electron chi connectivity index (χ2n) is 4.61. The molecule has 1 aliphatic rings. The van der Waals surface area contributed by atoms with E-state index in [0.717, 1.165) is 0 Å². The molecule has 0 radical (unpaired) electrons. The van der Waals surface area contributed by atoms with Crippen molar-refractivity contribution in [3.63, 3.8) is 0 Å². The Morgan fingerprint density at radius 1 is 1.52 bits per heavy atom. The lowest BCUT2D eigenvalue weighted by Gasteiger charge is -2.17. The highest BCUT2D eigenvalue weighted by molar-refractivity contribution is 7.89. The molecule has 1 atom stereocenters. The predicted molar refractivity (Wildman–Crippen MR) is 79.6 cm³/mol. The van der Waals surface area contributed by atoms with E-state index >= 15 is 0 Å². The second kappa shape index (κ2) is 6.77. The van der Waals surface area contributed by atoms with Crippen molar-refractivity contribution in [3.8, 4) is 11.8 Å². The summed E-state index contributed by atoms with van der Waals surface area (Å²) in [6, 6.07) is 4.51. The zero-order valence-corrected chi connectivity index (χ0v) is 13.1. The third-order valence-electron chi connectivity index (χ3n) is 3.30. The molecule has 1 fully saturated rings. The van der Waals surface area contributed by atoms with Gasteiger partial charge in [0.05, 0.1) is 11.1 Å². The quantitative estimate of drug-likeness (QED) is 0.843. The van der Waals surface area contributed by atoms with Gasteiger partial charge in [0, 0.05) is 25.8 Å². The molecule has 1 aromatic rings. The molecular formula is C14H16ClNO4S. The van der Waals surface area contributed by atoms with Crippen LogP contribution in [-0.4, -0.2) is 50.7 Å². The molecule has 1 N–H and O–H groups in total. The van der Waals surface area contributed by atoms with E-state index in [1.54, 1.807) is 13.2 Å². The van der Waals surface area contributed by atoms with E-state index in [2.05, 4.69) is 11.8 Å². The molecule has 0 amide bonds. The van der Waals surface area contributed by atoms with Crippen LogP contribution in [0.5, 0.6) is 0 Å². The smallest absolute Gasteiger partial charge is 0.244 e. The fraction of sp³-hybridized carbons (Fsp3) is 0.429. The molecule has 7 heteroatoms. The first kappa shape index (κ1) is 16.3. The highest BCUT2D eigenvalue weighted by atomic mass is 35.5. The summed E-state index contributed by atoms with van der Waals surface area (Å²) in [5, 5.41) is 8.78. The second-order valence-corrected chi connectivity index (χ2v) is 6.93. The maximum absolute atomic E-state index is 12.6. The van der Waals surface area contributed by atoms with Gasteiger partial charge in [-0.1, -0.05) is 23.4 Å². The predicted octanol–water partition coefficient (Wildman–Crippen LogP) is 1.09. The summed E-state index contributed by atoms with van der Waals surface area (Å²) >= 11 is 6.07. The molecular weight excluding hydrogens is 314 g/mol. The number of hydrogen-bond donors (Lipinski definition) is 1. The van der Waals surface area contributed by atoms with Gasteiger partial charge in [0.15, 0.2) is 0 Å². The number of nitrogens with zero attached hydrogens (tertiary/aromatic N) is 1. The van der Waals surface area contributed by atoms with Gasteiger partial charge in [0.25, 0.3) is 0 Å². The van der Waals surface area contributed by atoms with Crippen LogP contribution in [0, 0.1) is 11.8 Å². The van der Waals surface area contributed by atoms with Crippen LogP contribution < -0.4 is 0 Å². The van der Waals surface area contributed by atoms with E-state index in [1.807, 2.05) is 0 Å². The molecule has 0 spiro atoms. The number of aliphatic hydroxyl groups is 1. The zero-order valence-electron chi connectivity index (χ0n) is 11.5. The number of halogens is 1. The summed E-state index contributed by atoms with van der Waals surface area (Å²) < 4.78 is 31.7. The maximum atomic E-state index is 12.6. The summed E-state index contributed by atoms with van der Waals surface area (Å²) in [6.45, 7) is 0.494. The van der Waals surface area contributed by atoms with Crippen molar-refractivity contribution < 1.29 is 18.3 Å². The third-order valence-corrected chi connectivity index (χ3v) is 5.65. The standard InChI is InChI=1S/C14H16ClNO4S/c1-20-12-6-7-16(10-12)21(18,19)14-5-4-11(3-2-8-17)9-13(14)15/h4-5,9,12,17H,6-8,10H2,1H3. The number of sulfonamides is 1. The van der Waals surface area contributed by atoms with Crippen molar-refractivity contribution >= 4 is 21.6 Å². The molecule has 0 bridgehead atoms. The Bertz CT molecular complexity index is 678. The number of methoxy groups -OCH3 is 1. The Hall–Kier alpha value is -1.10. The lowest BCUT2D eigenvalue weighted by molar-refractivity contribution is 0.115. The number of ether oxygens (including phenoxy) is 1. The average Bonchev–Trinajstić information content (AvgIpc) is 2.94. The summed E-state index contributed by atoms with van der Waals surface area (Å²) in [6.07, 6.45) is 0.598. The van der Waals surface area contributed by atoms with Crippen LogP contribution in [0.3, 0.4) is 0 Å². The van der Waals surface area contributed by atoms with Gasteiger partial charge in [-0.3, -0.25) is 0 Å². The van der Waals surface area contributed by atoms with Gasteiger partial charge in [-0.25, -0.2) is 8.42 Å². The highest BCUT2D eigenvalue weighted by Gasteiger charge is 2.33. The first-order valence-electron chi connectivity index (χ1n) is 6.41. The zero-order chi connectivity index (χ0) is 15.5. The van der Waals surface area contributed by atoms with Gasteiger partial charge in [-0.05, 0) is 24.6 Å². The Balaban J connectivity index is 2.29. The van der Waals surface area contributed by atoms with Crippen molar-refractivity contribution in [2.45, 2.75) is 17.4 Å². The van der Waals surface area contributed by atoms with Crippen molar-refractivity contribution in [1.29, 1.82) is 0 Å².